The Morgan fingerprint density at radius 3 is 1.43 bits per heavy atom. The summed E-state index contributed by atoms with van der Waals surface area (Å²) in [5.74, 6) is -2.90. The van der Waals surface area contributed by atoms with E-state index in [2.05, 4.69) is 19.7 Å². The van der Waals surface area contributed by atoms with Gasteiger partial charge in [-0.2, -0.15) is 0 Å². The third-order valence-electron chi connectivity index (χ3n) is 6.72. The van der Waals surface area contributed by atoms with Gasteiger partial charge in [0, 0.05) is 42.4 Å². The van der Waals surface area contributed by atoms with E-state index in [9.17, 15) is 28.8 Å². The Kier molecular flexibility index (Phi) is 20.4. The lowest BCUT2D eigenvalue weighted by Crippen LogP contribution is -2.47. The lowest BCUT2D eigenvalue weighted by Gasteiger charge is -2.35. The molecule has 13 heteroatoms. The van der Waals surface area contributed by atoms with E-state index in [1.807, 2.05) is 0 Å². The number of esters is 6. The Morgan fingerprint density at radius 1 is 0.553 bits per heavy atom. The van der Waals surface area contributed by atoms with Gasteiger partial charge in [0.05, 0.1) is 32.5 Å². The Balaban J connectivity index is 2.56. The van der Waals surface area contributed by atoms with Crippen molar-refractivity contribution in [1.82, 2.24) is 0 Å². The Morgan fingerprint density at radius 2 is 0.957 bits per heavy atom. The molecule has 47 heavy (non-hydrogen) atoms. The molecule has 0 spiro atoms. The highest BCUT2D eigenvalue weighted by molar-refractivity contribution is 5.87. The standard InChI is InChI=1S/C34H50O13/c1-23(2)32(38)41-17-11-7-8-15-30(36)46-27-20-26(21-45-29(35)14-9-12-18-42-33(39)24(3)4)44-22-28(27)47-31(37)16-10-13-19-43-34(40)25(5)6/h26-28H,1,3,5,7-22H2,2,4,6H3/t26?,27-,28+/m0/s1. The van der Waals surface area contributed by atoms with Gasteiger partial charge in [0.25, 0.3) is 0 Å². The number of carbonyl (C=O) groups excluding carboxylic acids is 6. The van der Waals surface area contributed by atoms with Gasteiger partial charge in [0.2, 0.25) is 0 Å². The molecular formula is C34H50O13. The first-order valence-electron chi connectivity index (χ1n) is 15.9. The molecule has 1 heterocycles. The summed E-state index contributed by atoms with van der Waals surface area (Å²) in [6.07, 6.45) is 1.67. The average molecular weight is 667 g/mol. The molecule has 0 amide bonds. The molecule has 1 saturated heterocycles. The van der Waals surface area contributed by atoms with Crippen molar-refractivity contribution in [3.63, 3.8) is 0 Å². The molecule has 1 fully saturated rings. The van der Waals surface area contributed by atoms with E-state index in [1.54, 1.807) is 20.8 Å². The summed E-state index contributed by atoms with van der Waals surface area (Å²) >= 11 is 0. The first-order valence-corrected chi connectivity index (χ1v) is 15.9. The van der Waals surface area contributed by atoms with Crippen molar-refractivity contribution in [3.8, 4) is 0 Å². The Labute approximate surface area is 276 Å². The van der Waals surface area contributed by atoms with Crippen molar-refractivity contribution in [3.05, 3.63) is 36.5 Å². The number of hydrogen-bond acceptors (Lipinski definition) is 13. The number of ether oxygens (including phenoxy) is 7. The largest absolute Gasteiger partial charge is 0.463 e. The van der Waals surface area contributed by atoms with Crippen LogP contribution in [0.3, 0.4) is 0 Å². The van der Waals surface area contributed by atoms with Gasteiger partial charge in [-0.3, -0.25) is 14.4 Å². The smallest absolute Gasteiger partial charge is 0.333 e. The van der Waals surface area contributed by atoms with E-state index in [0.717, 1.165) is 0 Å². The molecule has 0 saturated carbocycles. The van der Waals surface area contributed by atoms with Gasteiger partial charge in [-0.15, -0.1) is 0 Å². The van der Waals surface area contributed by atoms with Crippen molar-refractivity contribution >= 4 is 35.8 Å². The fraction of sp³-hybridized carbons (Fsp3) is 0.647. The van der Waals surface area contributed by atoms with E-state index < -0.39 is 54.1 Å². The van der Waals surface area contributed by atoms with Crippen LogP contribution in [0.2, 0.25) is 0 Å². The fourth-order valence-electron chi connectivity index (χ4n) is 4.04. The van der Waals surface area contributed by atoms with Crippen molar-refractivity contribution in [2.24, 2.45) is 0 Å². The molecule has 1 unspecified atom stereocenters. The van der Waals surface area contributed by atoms with E-state index >= 15 is 0 Å². The van der Waals surface area contributed by atoms with Gasteiger partial charge in [-0.05, 0) is 65.7 Å². The summed E-state index contributed by atoms with van der Waals surface area (Å²) in [4.78, 5) is 71.8. The third kappa shape index (κ3) is 19.3. The molecule has 0 bridgehead atoms. The molecule has 1 aliphatic heterocycles. The van der Waals surface area contributed by atoms with Crippen molar-refractivity contribution in [1.29, 1.82) is 0 Å². The molecule has 3 atom stereocenters. The van der Waals surface area contributed by atoms with Gasteiger partial charge < -0.3 is 33.2 Å². The molecule has 13 nitrogen and oxygen atoms in total. The van der Waals surface area contributed by atoms with Crippen molar-refractivity contribution in [2.45, 2.75) is 110 Å². The van der Waals surface area contributed by atoms with Gasteiger partial charge in [0.1, 0.15) is 12.7 Å². The maximum Gasteiger partial charge on any atom is 0.333 e. The van der Waals surface area contributed by atoms with Crippen LogP contribution in [-0.4, -0.2) is 87.2 Å². The van der Waals surface area contributed by atoms with Crippen LogP contribution in [0.15, 0.2) is 36.5 Å². The molecule has 0 aliphatic carbocycles. The van der Waals surface area contributed by atoms with Crippen molar-refractivity contribution in [2.75, 3.05) is 33.0 Å². The second kappa shape index (κ2) is 23.3. The van der Waals surface area contributed by atoms with Gasteiger partial charge in [-0.1, -0.05) is 19.7 Å². The normalized spacial score (nSPS) is 17.0. The summed E-state index contributed by atoms with van der Waals surface area (Å²) in [5.41, 5.74) is 0.907. The number of rotatable bonds is 23. The zero-order chi connectivity index (χ0) is 35.2. The number of hydrogen-bond donors (Lipinski definition) is 0. The summed E-state index contributed by atoms with van der Waals surface area (Å²) < 4.78 is 37.5. The van der Waals surface area contributed by atoms with Crippen LogP contribution in [0.25, 0.3) is 0 Å². The fourth-order valence-corrected chi connectivity index (χ4v) is 4.04. The minimum Gasteiger partial charge on any atom is -0.463 e. The monoisotopic (exact) mass is 666 g/mol. The van der Waals surface area contributed by atoms with Crippen LogP contribution in [-0.2, 0) is 61.9 Å². The highest BCUT2D eigenvalue weighted by Crippen LogP contribution is 2.23. The summed E-state index contributed by atoms with van der Waals surface area (Å²) in [6, 6.07) is 0. The van der Waals surface area contributed by atoms with E-state index in [4.69, 9.17) is 33.2 Å². The first kappa shape index (κ1) is 41.0. The summed E-state index contributed by atoms with van der Waals surface area (Å²) in [6.45, 7) is 15.6. The topological polar surface area (TPSA) is 167 Å². The summed E-state index contributed by atoms with van der Waals surface area (Å²) in [5, 5.41) is 0. The highest BCUT2D eigenvalue weighted by Gasteiger charge is 2.37. The van der Waals surface area contributed by atoms with Crippen LogP contribution in [0.1, 0.15) is 91.4 Å². The molecule has 1 aliphatic rings. The minimum atomic E-state index is -0.858. The zero-order valence-corrected chi connectivity index (χ0v) is 28.0. The maximum atomic E-state index is 12.7. The second-order valence-electron chi connectivity index (χ2n) is 11.4. The predicted molar refractivity (Wildman–Crippen MR) is 169 cm³/mol. The Bertz CT molecular complexity index is 1110. The number of carbonyl (C=O) groups is 6. The van der Waals surface area contributed by atoms with Crippen LogP contribution in [0.5, 0.6) is 0 Å². The molecule has 264 valence electrons. The average Bonchev–Trinajstić information content (AvgIpc) is 3.01. The molecule has 0 aromatic carbocycles. The minimum absolute atomic E-state index is 0.0607. The molecule has 0 aromatic rings. The van der Waals surface area contributed by atoms with Crippen LogP contribution >= 0.6 is 0 Å². The van der Waals surface area contributed by atoms with E-state index in [0.29, 0.717) is 61.7 Å². The van der Waals surface area contributed by atoms with Gasteiger partial charge in [-0.25, -0.2) is 14.4 Å². The van der Waals surface area contributed by atoms with Crippen LogP contribution in [0, 0.1) is 0 Å². The molecule has 0 radical (unpaired) electrons. The maximum absolute atomic E-state index is 12.7. The van der Waals surface area contributed by atoms with Gasteiger partial charge in [0.15, 0.2) is 6.10 Å². The SMILES string of the molecule is C=C(C)C(=O)OCCCCCC(=O)O[C@H]1CC(COC(=O)CCCCOC(=O)C(=C)C)OC[C@H]1OC(=O)CCCCOC(=O)C(=C)C. The summed E-state index contributed by atoms with van der Waals surface area (Å²) in [7, 11) is 0. The Hall–Kier alpha value is -4.00. The third-order valence-corrected chi connectivity index (χ3v) is 6.72. The first-order chi connectivity index (χ1) is 22.3. The van der Waals surface area contributed by atoms with Gasteiger partial charge >= 0.3 is 35.8 Å². The molecule has 1 rings (SSSR count). The van der Waals surface area contributed by atoms with Crippen molar-refractivity contribution < 1.29 is 61.9 Å². The number of unbranched alkanes of at least 4 members (excludes halogenated alkanes) is 4. The van der Waals surface area contributed by atoms with Crippen LogP contribution in [0.4, 0.5) is 0 Å². The van der Waals surface area contributed by atoms with E-state index in [-0.39, 0.29) is 58.7 Å². The molecular weight excluding hydrogens is 616 g/mol. The highest BCUT2D eigenvalue weighted by atomic mass is 16.6. The van der Waals surface area contributed by atoms with E-state index in [1.165, 1.54) is 0 Å². The molecule has 0 aromatic heterocycles. The lowest BCUT2D eigenvalue weighted by molar-refractivity contribution is -0.194. The predicted octanol–water partition coefficient (Wildman–Crippen LogP) is 4.40. The second-order valence-corrected chi connectivity index (χ2v) is 11.4. The quantitative estimate of drug-likeness (QED) is 0.0652. The molecule has 0 N–H and O–H groups in total. The lowest BCUT2D eigenvalue weighted by atomic mass is 10.0. The zero-order valence-electron chi connectivity index (χ0n) is 28.0. The van der Waals surface area contributed by atoms with Crippen LogP contribution < -0.4 is 0 Å².